The van der Waals surface area contributed by atoms with E-state index in [2.05, 4.69) is 4.98 Å². The van der Waals surface area contributed by atoms with Crippen LogP contribution in [0.3, 0.4) is 0 Å². The standard InChI is InChI=1S/C14H16ClN3O3S/c15-11-6-10(7-12(8-11)22(16,20)21)9-18-5-4-17-13(18)14(19)2-1-3-14/h4-8,19H,1-3,9H2,(H2,16,20,21). The highest BCUT2D eigenvalue weighted by Gasteiger charge is 2.39. The number of halogens is 1. The van der Waals surface area contributed by atoms with Crippen molar-refractivity contribution in [1.29, 1.82) is 0 Å². The Hall–Kier alpha value is -1.41. The molecule has 3 N–H and O–H groups in total. The maximum atomic E-state index is 11.5. The fourth-order valence-electron chi connectivity index (χ4n) is 2.65. The lowest BCUT2D eigenvalue weighted by atomic mass is 9.79. The molecule has 3 rings (SSSR count). The molecule has 0 radical (unpaired) electrons. The average molecular weight is 342 g/mol. The van der Waals surface area contributed by atoms with Crippen LogP contribution in [0.5, 0.6) is 0 Å². The first-order valence-corrected chi connectivity index (χ1v) is 8.77. The van der Waals surface area contributed by atoms with Gasteiger partial charge in [-0.1, -0.05) is 11.6 Å². The maximum Gasteiger partial charge on any atom is 0.238 e. The van der Waals surface area contributed by atoms with Crippen molar-refractivity contribution in [3.63, 3.8) is 0 Å². The summed E-state index contributed by atoms with van der Waals surface area (Å²) < 4.78 is 24.8. The molecule has 2 aromatic rings. The molecule has 0 spiro atoms. The molecule has 0 saturated heterocycles. The Morgan fingerprint density at radius 3 is 2.68 bits per heavy atom. The molecule has 1 fully saturated rings. The Kier molecular flexibility index (Phi) is 3.76. The van der Waals surface area contributed by atoms with Gasteiger partial charge in [-0.05, 0) is 43.0 Å². The Labute approximate surface area is 133 Å². The second-order valence-corrected chi connectivity index (χ2v) is 7.60. The number of nitrogens with zero attached hydrogens (tertiary/aromatic N) is 2. The molecule has 1 heterocycles. The predicted octanol–water partition coefficient (Wildman–Crippen LogP) is 1.60. The minimum atomic E-state index is -3.82. The second-order valence-electron chi connectivity index (χ2n) is 5.60. The number of hydrogen-bond donors (Lipinski definition) is 2. The highest BCUT2D eigenvalue weighted by atomic mass is 35.5. The molecule has 6 nitrogen and oxygen atoms in total. The van der Waals surface area contributed by atoms with E-state index in [0.29, 0.717) is 35.8 Å². The Bertz CT molecular complexity index is 812. The largest absolute Gasteiger partial charge is 0.382 e. The van der Waals surface area contributed by atoms with Gasteiger partial charge in [-0.15, -0.1) is 0 Å². The van der Waals surface area contributed by atoms with Gasteiger partial charge in [-0.2, -0.15) is 0 Å². The molecule has 8 heteroatoms. The fourth-order valence-corrected chi connectivity index (χ4v) is 3.58. The summed E-state index contributed by atoms with van der Waals surface area (Å²) in [6, 6.07) is 4.47. The highest BCUT2D eigenvalue weighted by Crippen LogP contribution is 2.40. The fraction of sp³-hybridized carbons (Fsp3) is 0.357. The van der Waals surface area contributed by atoms with Crippen LogP contribution in [0.25, 0.3) is 0 Å². The summed E-state index contributed by atoms with van der Waals surface area (Å²) in [4.78, 5) is 4.21. The van der Waals surface area contributed by atoms with Gasteiger partial charge in [0.1, 0.15) is 11.4 Å². The van der Waals surface area contributed by atoms with Crippen molar-refractivity contribution < 1.29 is 13.5 Å². The number of sulfonamides is 1. The zero-order chi connectivity index (χ0) is 16.0. The summed E-state index contributed by atoms with van der Waals surface area (Å²) in [5.74, 6) is 0.593. The molecule has 1 aromatic heterocycles. The Balaban J connectivity index is 1.95. The van der Waals surface area contributed by atoms with Crippen LogP contribution in [-0.2, 0) is 22.2 Å². The number of benzene rings is 1. The van der Waals surface area contributed by atoms with Crippen LogP contribution in [0.4, 0.5) is 0 Å². The quantitative estimate of drug-likeness (QED) is 0.882. The van der Waals surface area contributed by atoms with Crippen molar-refractivity contribution in [2.45, 2.75) is 36.3 Å². The van der Waals surface area contributed by atoms with E-state index in [1.54, 1.807) is 23.0 Å². The number of rotatable bonds is 4. The molecule has 1 aliphatic rings. The molecule has 118 valence electrons. The van der Waals surface area contributed by atoms with Gasteiger partial charge < -0.3 is 9.67 Å². The van der Waals surface area contributed by atoms with Gasteiger partial charge >= 0.3 is 0 Å². The van der Waals surface area contributed by atoms with Crippen LogP contribution in [0, 0.1) is 0 Å². The van der Waals surface area contributed by atoms with Crippen molar-refractivity contribution in [1.82, 2.24) is 9.55 Å². The number of aliphatic hydroxyl groups is 1. The van der Waals surface area contributed by atoms with Gasteiger partial charge in [-0.3, -0.25) is 0 Å². The lowest BCUT2D eigenvalue weighted by Gasteiger charge is -2.36. The normalized spacial score (nSPS) is 17.2. The zero-order valence-electron chi connectivity index (χ0n) is 11.7. The van der Waals surface area contributed by atoms with Gasteiger partial charge in [-0.25, -0.2) is 18.5 Å². The molecule has 0 aliphatic heterocycles. The van der Waals surface area contributed by atoms with E-state index in [4.69, 9.17) is 16.7 Å². The zero-order valence-corrected chi connectivity index (χ0v) is 13.3. The van der Waals surface area contributed by atoms with Crippen LogP contribution < -0.4 is 5.14 Å². The van der Waals surface area contributed by atoms with Crippen LogP contribution in [-0.4, -0.2) is 23.1 Å². The van der Waals surface area contributed by atoms with Crippen LogP contribution >= 0.6 is 11.6 Å². The maximum absolute atomic E-state index is 11.5. The third kappa shape index (κ3) is 2.89. The van der Waals surface area contributed by atoms with Crippen molar-refractivity contribution >= 4 is 21.6 Å². The van der Waals surface area contributed by atoms with Gasteiger partial charge in [0.2, 0.25) is 10.0 Å². The molecule has 0 amide bonds. The van der Waals surface area contributed by atoms with Crippen LogP contribution in [0.2, 0.25) is 5.02 Å². The van der Waals surface area contributed by atoms with E-state index in [-0.39, 0.29) is 4.90 Å². The summed E-state index contributed by atoms with van der Waals surface area (Å²) in [5, 5.41) is 15.9. The average Bonchev–Trinajstić information content (AvgIpc) is 2.82. The SMILES string of the molecule is NS(=O)(=O)c1cc(Cl)cc(Cn2ccnc2C2(O)CCC2)c1. The summed E-state index contributed by atoms with van der Waals surface area (Å²) >= 11 is 5.97. The molecular weight excluding hydrogens is 326 g/mol. The molecular formula is C14H16ClN3O3S. The van der Waals surface area contributed by atoms with Crippen LogP contribution in [0.15, 0.2) is 35.5 Å². The second kappa shape index (κ2) is 5.34. The number of nitrogens with two attached hydrogens (primary N) is 1. The van der Waals surface area contributed by atoms with Crippen molar-refractivity contribution in [2.75, 3.05) is 0 Å². The van der Waals surface area contributed by atoms with Gasteiger partial charge in [0.25, 0.3) is 0 Å². The summed E-state index contributed by atoms with van der Waals surface area (Å²) in [6.45, 7) is 0.362. The Morgan fingerprint density at radius 2 is 2.09 bits per heavy atom. The molecule has 1 saturated carbocycles. The molecule has 0 unspecified atom stereocenters. The van der Waals surface area contributed by atoms with E-state index >= 15 is 0 Å². The van der Waals surface area contributed by atoms with Crippen molar-refractivity contribution in [3.8, 4) is 0 Å². The van der Waals surface area contributed by atoms with Crippen molar-refractivity contribution in [3.05, 3.63) is 47.0 Å². The summed E-state index contributed by atoms with van der Waals surface area (Å²) in [6.07, 6.45) is 5.71. The van der Waals surface area contributed by atoms with E-state index < -0.39 is 15.6 Å². The third-order valence-corrected chi connectivity index (χ3v) is 5.04. The molecule has 0 atom stereocenters. The molecule has 1 aromatic carbocycles. The first kappa shape index (κ1) is 15.5. The summed E-state index contributed by atoms with van der Waals surface area (Å²) in [7, 11) is -3.82. The minimum Gasteiger partial charge on any atom is -0.382 e. The number of hydrogen-bond acceptors (Lipinski definition) is 4. The first-order valence-electron chi connectivity index (χ1n) is 6.84. The van der Waals surface area contributed by atoms with E-state index in [1.807, 2.05) is 0 Å². The lowest BCUT2D eigenvalue weighted by Crippen LogP contribution is -2.36. The predicted molar refractivity (Wildman–Crippen MR) is 81.9 cm³/mol. The molecule has 1 aliphatic carbocycles. The van der Waals surface area contributed by atoms with E-state index in [1.165, 1.54) is 12.1 Å². The number of primary sulfonamides is 1. The van der Waals surface area contributed by atoms with Crippen LogP contribution in [0.1, 0.15) is 30.7 Å². The smallest absolute Gasteiger partial charge is 0.238 e. The Morgan fingerprint density at radius 1 is 1.36 bits per heavy atom. The monoisotopic (exact) mass is 341 g/mol. The minimum absolute atomic E-state index is 0.0287. The van der Waals surface area contributed by atoms with Gasteiger partial charge in [0.05, 0.1) is 4.90 Å². The van der Waals surface area contributed by atoms with Crippen molar-refractivity contribution in [2.24, 2.45) is 5.14 Å². The summed E-state index contributed by atoms with van der Waals surface area (Å²) in [5.41, 5.74) is -0.205. The highest BCUT2D eigenvalue weighted by molar-refractivity contribution is 7.89. The topological polar surface area (TPSA) is 98.2 Å². The van der Waals surface area contributed by atoms with E-state index in [9.17, 15) is 13.5 Å². The third-order valence-electron chi connectivity index (χ3n) is 3.92. The number of aromatic nitrogens is 2. The van der Waals surface area contributed by atoms with E-state index in [0.717, 1.165) is 6.42 Å². The van der Waals surface area contributed by atoms with Gasteiger partial charge in [0.15, 0.2) is 0 Å². The molecule has 0 bridgehead atoms. The molecule has 22 heavy (non-hydrogen) atoms. The number of imidazole rings is 1. The first-order chi connectivity index (χ1) is 10.3. The lowest BCUT2D eigenvalue weighted by molar-refractivity contribution is -0.0492. The van der Waals surface area contributed by atoms with Gasteiger partial charge in [0, 0.05) is 24.0 Å².